The maximum atomic E-state index is 11.8. The molecule has 0 spiro atoms. The van der Waals surface area contributed by atoms with Gasteiger partial charge in [-0.25, -0.2) is 0 Å². The van der Waals surface area contributed by atoms with Gasteiger partial charge in [0.1, 0.15) is 0 Å². The molecule has 0 N–H and O–H groups in total. The summed E-state index contributed by atoms with van der Waals surface area (Å²) in [6.07, 6.45) is 6.64. The van der Waals surface area contributed by atoms with Crippen molar-refractivity contribution in [3.8, 4) is 0 Å². The number of likely N-dealkylation sites (tertiary alicyclic amines) is 1. The van der Waals surface area contributed by atoms with Crippen LogP contribution in [0.15, 0.2) is 36.4 Å². The topological polar surface area (TPSA) is 20.3 Å². The van der Waals surface area contributed by atoms with Crippen molar-refractivity contribution >= 4 is 11.9 Å². The van der Waals surface area contributed by atoms with Crippen molar-refractivity contribution in [2.45, 2.75) is 25.3 Å². The molecular formula is C15H19NO. The number of benzene rings is 1. The quantitative estimate of drug-likeness (QED) is 0.740. The van der Waals surface area contributed by atoms with Crippen LogP contribution in [0.4, 0.5) is 0 Å². The Balaban J connectivity index is 1.87. The van der Waals surface area contributed by atoms with Gasteiger partial charge >= 0.3 is 0 Å². The Morgan fingerprint density at radius 1 is 1.41 bits per heavy atom. The van der Waals surface area contributed by atoms with E-state index in [4.69, 9.17) is 0 Å². The van der Waals surface area contributed by atoms with Crippen molar-refractivity contribution in [2.24, 2.45) is 0 Å². The largest absolute Gasteiger partial charge is 0.303 e. The second kappa shape index (κ2) is 5.78. The fourth-order valence-corrected chi connectivity index (χ4v) is 2.29. The monoisotopic (exact) mass is 229 g/mol. The molecule has 0 saturated carbocycles. The highest BCUT2D eigenvalue weighted by molar-refractivity contribution is 5.93. The molecule has 0 amide bonds. The third kappa shape index (κ3) is 3.53. The first kappa shape index (κ1) is 12.1. The summed E-state index contributed by atoms with van der Waals surface area (Å²) in [7, 11) is 2.10. The first-order valence-corrected chi connectivity index (χ1v) is 6.22. The van der Waals surface area contributed by atoms with E-state index in [1.165, 1.54) is 6.42 Å². The standard InChI is InChI=1S/C15H19NO/c1-16-11-5-8-14(16)12-15(17)10-9-13-6-3-2-4-7-13/h2-4,6-7,9-10,14H,5,8,11-12H2,1H3/b10-9+. The normalized spacial score (nSPS) is 21.1. The molecule has 1 aliphatic rings. The Labute approximate surface area is 103 Å². The van der Waals surface area contributed by atoms with Crippen LogP contribution in [0.25, 0.3) is 6.08 Å². The lowest BCUT2D eigenvalue weighted by atomic mass is 10.1. The van der Waals surface area contributed by atoms with Gasteiger partial charge in [0.2, 0.25) is 0 Å². The first-order chi connectivity index (χ1) is 8.25. The minimum atomic E-state index is 0.229. The lowest BCUT2D eigenvalue weighted by Gasteiger charge is -2.17. The van der Waals surface area contributed by atoms with Gasteiger partial charge in [0.25, 0.3) is 0 Å². The predicted molar refractivity (Wildman–Crippen MR) is 70.8 cm³/mol. The van der Waals surface area contributed by atoms with Crippen molar-refractivity contribution < 1.29 is 4.79 Å². The minimum Gasteiger partial charge on any atom is -0.303 e. The van der Waals surface area contributed by atoms with Crippen LogP contribution in [0.5, 0.6) is 0 Å². The van der Waals surface area contributed by atoms with E-state index in [1.54, 1.807) is 6.08 Å². The molecule has 2 nitrogen and oxygen atoms in total. The molecule has 2 heteroatoms. The van der Waals surface area contributed by atoms with Crippen molar-refractivity contribution in [2.75, 3.05) is 13.6 Å². The van der Waals surface area contributed by atoms with Crippen LogP contribution >= 0.6 is 0 Å². The number of hydrogen-bond donors (Lipinski definition) is 0. The zero-order chi connectivity index (χ0) is 12.1. The number of nitrogens with zero attached hydrogens (tertiary/aromatic N) is 1. The van der Waals surface area contributed by atoms with E-state index in [0.29, 0.717) is 12.5 Å². The van der Waals surface area contributed by atoms with Gasteiger partial charge in [-0.05, 0) is 38.1 Å². The molecule has 1 aromatic rings. The molecule has 0 bridgehead atoms. The van der Waals surface area contributed by atoms with E-state index in [2.05, 4.69) is 11.9 Å². The molecule has 1 aromatic carbocycles. The first-order valence-electron chi connectivity index (χ1n) is 6.22. The number of ketones is 1. The van der Waals surface area contributed by atoms with Crippen LogP contribution in [0, 0.1) is 0 Å². The molecule has 0 radical (unpaired) electrons. The second-order valence-electron chi connectivity index (χ2n) is 4.69. The SMILES string of the molecule is CN1CCCC1CC(=O)/C=C/c1ccccc1. The molecule has 1 aliphatic heterocycles. The maximum absolute atomic E-state index is 11.8. The average Bonchev–Trinajstić information content (AvgIpc) is 2.74. The van der Waals surface area contributed by atoms with E-state index in [-0.39, 0.29) is 5.78 Å². The zero-order valence-corrected chi connectivity index (χ0v) is 10.3. The summed E-state index contributed by atoms with van der Waals surface area (Å²) >= 11 is 0. The summed E-state index contributed by atoms with van der Waals surface area (Å²) in [6.45, 7) is 1.13. The molecule has 2 rings (SSSR count). The van der Waals surface area contributed by atoms with Crippen molar-refractivity contribution in [3.63, 3.8) is 0 Å². The Kier molecular flexibility index (Phi) is 4.10. The van der Waals surface area contributed by atoms with Gasteiger partial charge in [-0.15, -0.1) is 0 Å². The molecule has 0 aromatic heterocycles. The van der Waals surface area contributed by atoms with Crippen LogP contribution < -0.4 is 0 Å². The molecular weight excluding hydrogens is 210 g/mol. The molecule has 90 valence electrons. The van der Waals surface area contributed by atoms with E-state index in [0.717, 1.165) is 18.5 Å². The van der Waals surface area contributed by atoms with Gasteiger partial charge in [0.05, 0.1) is 0 Å². The van der Waals surface area contributed by atoms with Gasteiger partial charge < -0.3 is 4.90 Å². The van der Waals surface area contributed by atoms with Crippen LogP contribution in [0.2, 0.25) is 0 Å². The number of hydrogen-bond acceptors (Lipinski definition) is 2. The van der Waals surface area contributed by atoms with Crippen molar-refractivity contribution in [3.05, 3.63) is 42.0 Å². The Morgan fingerprint density at radius 3 is 2.82 bits per heavy atom. The summed E-state index contributed by atoms with van der Waals surface area (Å²) in [6, 6.07) is 10.4. The summed E-state index contributed by atoms with van der Waals surface area (Å²) in [5, 5.41) is 0. The van der Waals surface area contributed by atoms with Gasteiger partial charge in [0.15, 0.2) is 5.78 Å². The van der Waals surface area contributed by atoms with Crippen LogP contribution in [0.3, 0.4) is 0 Å². The zero-order valence-electron chi connectivity index (χ0n) is 10.3. The fraction of sp³-hybridized carbons (Fsp3) is 0.400. The third-order valence-electron chi connectivity index (χ3n) is 3.37. The summed E-state index contributed by atoms with van der Waals surface area (Å²) in [5.41, 5.74) is 1.08. The highest BCUT2D eigenvalue weighted by atomic mass is 16.1. The molecule has 1 fully saturated rings. The van der Waals surface area contributed by atoms with E-state index in [9.17, 15) is 4.79 Å². The highest BCUT2D eigenvalue weighted by Crippen LogP contribution is 2.18. The summed E-state index contributed by atoms with van der Waals surface area (Å²) < 4.78 is 0. The van der Waals surface area contributed by atoms with Crippen LogP contribution in [0.1, 0.15) is 24.8 Å². The van der Waals surface area contributed by atoms with Gasteiger partial charge in [-0.1, -0.05) is 36.4 Å². The summed E-state index contributed by atoms with van der Waals surface area (Å²) in [5.74, 6) is 0.229. The molecule has 0 aliphatic carbocycles. The summed E-state index contributed by atoms with van der Waals surface area (Å²) in [4.78, 5) is 14.1. The molecule has 1 saturated heterocycles. The lowest BCUT2D eigenvalue weighted by Crippen LogP contribution is -2.26. The number of carbonyl (C=O) groups is 1. The van der Waals surface area contributed by atoms with Crippen molar-refractivity contribution in [1.29, 1.82) is 0 Å². The fourth-order valence-electron chi connectivity index (χ4n) is 2.29. The Bertz CT molecular complexity index is 397. The molecule has 1 heterocycles. The smallest absolute Gasteiger partial charge is 0.157 e. The predicted octanol–water partition coefficient (Wildman–Crippen LogP) is 2.75. The molecule has 1 atom stereocenters. The number of rotatable bonds is 4. The Morgan fingerprint density at radius 2 is 2.18 bits per heavy atom. The average molecular weight is 229 g/mol. The van der Waals surface area contributed by atoms with Gasteiger partial charge in [0, 0.05) is 12.5 Å². The van der Waals surface area contributed by atoms with Gasteiger partial charge in [-0.3, -0.25) is 4.79 Å². The van der Waals surface area contributed by atoms with Gasteiger partial charge in [-0.2, -0.15) is 0 Å². The van der Waals surface area contributed by atoms with E-state index >= 15 is 0 Å². The van der Waals surface area contributed by atoms with E-state index in [1.807, 2.05) is 36.4 Å². The highest BCUT2D eigenvalue weighted by Gasteiger charge is 2.22. The lowest BCUT2D eigenvalue weighted by molar-refractivity contribution is -0.115. The van der Waals surface area contributed by atoms with Crippen LogP contribution in [-0.2, 0) is 4.79 Å². The number of allylic oxidation sites excluding steroid dienone is 1. The molecule has 1 unspecified atom stereocenters. The maximum Gasteiger partial charge on any atom is 0.157 e. The van der Waals surface area contributed by atoms with E-state index < -0.39 is 0 Å². The van der Waals surface area contributed by atoms with Crippen molar-refractivity contribution in [1.82, 2.24) is 4.90 Å². The molecule has 17 heavy (non-hydrogen) atoms. The number of carbonyl (C=O) groups excluding carboxylic acids is 1. The van der Waals surface area contributed by atoms with Crippen LogP contribution in [-0.4, -0.2) is 30.3 Å². The minimum absolute atomic E-state index is 0.229. The second-order valence-corrected chi connectivity index (χ2v) is 4.69. The third-order valence-corrected chi connectivity index (χ3v) is 3.37. The Hall–Kier alpha value is -1.41.